The van der Waals surface area contributed by atoms with Crippen molar-refractivity contribution >= 4 is 0 Å². The summed E-state index contributed by atoms with van der Waals surface area (Å²) in [7, 11) is 2.10. The Morgan fingerprint density at radius 3 is 2.64 bits per heavy atom. The Bertz CT molecular complexity index is 207. The van der Waals surface area contributed by atoms with E-state index in [1.165, 1.54) is 32.1 Å². The summed E-state index contributed by atoms with van der Waals surface area (Å²) < 4.78 is 0. The van der Waals surface area contributed by atoms with Gasteiger partial charge in [-0.15, -0.1) is 0 Å². The van der Waals surface area contributed by atoms with Gasteiger partial charge >= 0.3 is 0 Å². The van der Waals surface area contributed by atoms with Crippen LogP contribution < -0.4 is 0 Å². The molecule has 1 fully saturated rings. The standard InChI is InChI=1S/C12H22N2/c1-4-11-7-5-6-8-12(11)14(3)10(2)9-13/h10-12H,4-8H2,1-3H3. The molecule has 0 aromatic heterocycles. The van der Waals surface area contributed by atoms with E-state index in [0.717, 1.165) is 5.92 Å². The predicted molar refractivity (Wildman–Crippen MR) is 58.9 cm³/mol. The van der Waals surface area contributed by atoms with Crippen LogP contribution in [0.25, 0.3) is 0 Å². The normalized spacial score (nSPS) is 29.9. The molecule has 0 aromatic rings. The van der Waals surface area contributed by atoms with E-state index < -0.39 is 0 Å². The van der Waals surface area contributed by atoms with E-state index in [0.29, 0.717) is 6.04 Å². The molecule has 1 saturated carbocycles. The van der Waals surface area contributed by atoms with Crippen molar-refractivity contribution in [2.75, 3.05) is 7.05 Å². The van der Waals surface area contributed by atoms with Crippen molar-refractivity contribution in [3.63, 3.8) is 0 Å². The van der Waals surface area contributed by atoms with Crippen LogP contribution in [0.1, 0.15) is 46.0 Å². The molecule has 1 aliphatic carbocycles. The maximum atomic E-state index is 8.90. The lowest BCUT2D eigenvalue weighted by molar-refractivity contribution is 0.112. The Morgan fingerprint density at radius 1 is 1.43 bits per heavy atom. The Balaban J connectivity index is 2.59. The summed E-state index contributed by atoms with van der Waals surface area (Å²) >= 11 is 0. The van der Waals surface area contributed by atoms with Gasteiger partial charge in [-0.25, -0.2) is 0 Å². The van der Waals surface area contributed by atoms with Crippen LogP contribution in [0, 0.1) is 17.2 Å². The zero-order valence-electron chi connectivity index (χ0n) is 9.66. The van der Waals surface area contributed by atoms with Gasteiger partial charge < -0.3 is 0 Å². The zero-order chi connectivity index (χ0) is 10.6. The maximum absolute atomic E-state index is 8.90. The number of hydrogen-bond acceptors (Lipinski definition) is 2. The van der Waals surface area contributed by atoms with Gasteiger partial charge in [-0.05, 0) is 32.7 Å². The first-order valence-electron chi connectivity index (χ1n) is 5.82. The van der Waals surface area contributed by atoms with Gasteiger partial charge in [0.05, 0.1) is 12.1 Å². The molecule has 0 aromatic carbocycles. The van der Waals surface area contributed by atoms with Crippen LogP contribution in [0.15, 0.2) is 0 Å². The van der Waals surface area contributed by atoms with E-state index in [2.05, 4.69) is 24.9 Å². The summed E-state index contributed by atoms with van der Waals surface area (Å²) in [4.78, 5) is 2.27. The highest BCUT2D eigenvalue weighted by molar-refractivity contribution is 4.92. The van der Waals surface area contributed by atoms with Gasteiger partial charge in [0.25, 0.3) is 0 Å². The second-order valence-electron chi connectivity index (χ2n) is 4.49. The lowest BCUT2D eigenvalue weighted by Crippen LogP contribution is -2.44. The van der Waals surface area contributed by atoms with Crippen LogP contribution >= 0.6 is 0 Å². The van der Waals surface area contributed by atoms with Gasteiger partial charge in [-0.2, -0.15) is 5.26 Å². The van der Waals surface area contributed by atoms with E-state index >= 15 is 0 Å². The zero-order valence-corrected chi connectivity index (χ0v) is 9.66. The fraction of sp³-hybridized carbons (Fsp3) is 0.917. The van der Waals surface area contributed by atoms with Crippen LogP contribution in [0.4, 0.5) is 0 Å². The van der Waals surface area contributed by atoms with Crippen molar-refractivity contribution in [2.45, 2.75) is 58.0 Å². The third-order valence-electron chi connectivity index (χ3n) is 3.71. The molecule has 3 unspecified atom stereocenters. The molecule has 0 amide bonds. The first kappa shape index (κ1) is 11.5. The van der Waals surface area contributed by atoms with Gasteiger partial charge in [0, 0.05) is 6.04 Å². The number of rotatable bonds is 3. The summed E-state index contributed by atoms with van der Waals surface area (Å²) in [5.41, 5.74) is 0. The molecule has 0 radical (unpaired) electrons. The largest absolute Gasteiger partial charge is 0.288 e. The fourth-order valence-corrected chi connectivity index (χ4v) is 2.58. The van der Waals surface area contributed by atoms with Crippen LogP contribution in [-0.2, 0) is 0 Å². The fourth-order valence-electron chi connectivity index (χ4n) is 2.58. The highest BCUT2D eigenvalue weighted by atomic mass is 15.2. The molecular formula is C12H22N2. The monoisotopic (exact) mass is 194 g/mol. The third kappa shape index (κ3) is 2.48. The minimum absolute atomic E-state index is 0.0622. The van der Waals surface area contributed by atoms with Crippen LogP contribution in [0.3, 0.4) is 0 Å². The van der Waals surface area contributed by atoms with E-state index in [-0.39, 0.29) is 6.04 Å². The minimum atomic E-state index is 0.0622. The molecule has 0 heterocycles. The van der Waals surface area contributed by atoms with Crippen molar-refractivity contribution in [1.82, 2.24) is 4.90 Å². The van der Waals surface area contributed by atoms with E-state index in [1.807, 2.05) is 6.92 Å². The molecule has 1 rings (SSSR count). The highest BCUT2D eigenvalue weighted by Gasteiger charge is 2.28. The average Bonchev–Trinajstić information content (AvgIpc) is 2.26. The van der Waals surface area contributed by atoms with Crippen molar-refractivity contribution in [3.8, 4) is 6.07 Å². The van der Waals surface area contributed by atoms with Crippen LogP contribution in [0.5, 0.6) is 0 Å². The topological polar surface area (TPSA) is 27.0 Å². The molecular weight excluding hydrogens is 172 g/mol. The minimum Gasteiger partial charge on any atom is -0.288 e. The summed E-state index contributed by atoms with van der Waals surface area (Å²) in [6.07, 6.45) is 6.60. The van der Waals surface area contributed by atoms with Crippen molar-refractivity contribution in [2.24, 2.45) is 5.92 Å². The van der Waals surface area contributed by atoms with Gasteiger partial charge in [0.1, 0.15) is 0 Å². The molecule has 0 bridgehead atoms. The van der Waals surface area contributed by atoms with Gasteiger partial charge in [-0.1, -0.05) is 26.2 Å². The van der Waals surface area contributed by atoms with Crippen LogP contribution in [0.2, 0.25) is 0 Å². The van der Waals surface area contributed by atoms with E-state index in [4.69, 9.17) is 5.26 Å². The third-order valence-corrected chi connectivity index (χ3v) is 3.71. The molecule has 0 spiro atoms. The highest BCUT2D eigenvalue weighted by Crippen LogP contribution is 2.30. The maximum Gasteiger partial charge on any atom is 0.0949 e. The summed E-state index contributed by atoms with van der Waals surface area (Å²) in [6.45, 7) is 4.27. The number of nitrogens with zero attached hydrogens (tertiary/aromatic N) is 2. The smallest absolute Gasteiger partial charge is 0.0949 e. The average molecular weight is 194 g/mol. The van der Waals surface area contributed by atoms with Crippen molar-refractivity contribution in [3.05, 3.63) is 0 Å². The predicted octanol–water partition coefficient (Wildman–Crippen LogP) is 2.80. The molecule has 2 heteroatoms. The Labute approximate surface area is 87.9 Å². The first-order valence-corrected chi connectivity index (χ1v) is 5.82. The van der Waals surface area contributed by atoms with Gasteiger partial charge in [-0.3, -0.25) is 4.90 Å². The summed E-state index contributed by atoms with van der Waals surface area (Å²) in [5, 5.41) is 8.90. The summed E-state index contributed by atoms with van der Waals surface area (Å²) in [6, 6.07) is 3.04. The lowest BCUT2D eigenvalue weighted by atomic mass is 9.82. The Kier molecular flexibility index (Phi) is 4.41. The van der Waals surface area contributed by atoms with E-state index in [1.54, 1.807) is 0 Å². The van der Waals surface area contributed by atoms with E-state index in [9.17, 15) is 0 Å². The molecule has 3 atom stereocenters. The Hall–Kier alpha value is -0.550. The summed E-state index contributed by atoms with van der Waals surface area (Å²) in [5.74, 6) is 0.810. The molecule has 2 nitrogen and oxygen atoms in total. The molecule has 0 saturated heterocycles. The van der Waals surface area contributed by atoms with Gasteiger partial charge in [0.2, 0.25) is 0 Å². The number of hydrogen-bond donors (Lipinski definition) is 0. The lowest BCUT2D eigenvalue weighted by Gasteiger charge is -2.38. The SMILES string of the molecule is CCC1CCCCC1N(C)C(C)C#N. The molecule has 80 valence electrons. The Morgan fingerprint density at radius 2 is 2.07 bits per heavy atom. The molecule has 14 heavy (non-hydrogen) atoms. The number of nitriles is 1. The van der Waals surface area contributed by atoms with Gasteiger partial charge in [0.15, 0.2) is 0 Å². The van der Waals surface area contributed by atoms with Crippen molar-refractivity contribution in [1.29, 1.82) is 5.26 Å². The quantitative estimate of drug-likeness (QED) is 0.690. The second kappa shape index (κ2) is 5.36. The van der Waals surface area contributed by atoms with Crippen LogP contribution in [-0.4, -0.2) is 24.0 Å². The van der Waals surface area contributed by atoms with Crippen molar-refractivity contribution < 1.29 is 0 Å². The first-order chi connectivity index (χ1) is 6.70. The molecule has 0 aliphatic heterocycles. The second-order valence-corrected chi connectivity index (χ2v) is 4.49. The molecule has 0 N–H and O–H groups in total. The molecule has 1 aliphatic rings.